The highest BCUT2D eigenvalue weighted by Gasteiger charge is 2.24. The Hall–Kier alpha value is -3.16. The fraction of sp³-hybridized carbons (Fsp3) is 0.368. The highest BCUT2D eigenvalue weighted by Crippen LogP contribution is 2.17. The summed E-state index contributed by atoms with van der Waals surface area (Å²) < 4.78 is 1.95. The lowest BCUT2D eigenvalue weighted by Crippen LogP contribution is -2.39. The zero-order valence-corrected chi connectivity index (χ0v) is 15.5. The van der Waals surface area contributed by atoms with Crippen LogP contribution in [0.1, 0.15) is 23.4 Å². The molecule has 0 atom stereocenters. The van der Waals surface area contributed by atoms with Crippen LogP contribution in [0.25, 0.3) is 5.65 Å². The molecule has 4 heterocycles. The molecule has 1 amide bonds. The van der Waals surface area contributed by atoms with Gasteiger partial charge in [0.05, 0.1) is 17.9 Å². The van der Waals surface area contributed by atoms with Gasteiger partial charge in [-0.25, -0.2) is 9.97 Å². The number of aryl methyl sites for hydroxylation is 1. The molecule has 1 N–H and O–H groups in total. The Labute approximate surface area is 156 Å². The number of hydrogen-bond donors (Lipinski definition) is 1. The maximum atomic E-state index is 12.7. The van der Waals surface area contributed by atoms with Gasteiger partial charge in [-0.1, -0.05) is 6.07 Å². The number of imidazole rings is 1. The van der Waals surface area contributed by atoms with Gasteiger partial charge >= 0.3 is 0 Å². The van der Waals surface area contributed by atoms with E-state index in [1.807, 2.05) is 49.1 Å². The molecule has 0 spiro atoms. The van der Waals surface area contributed by atoms with E-state index in [1.54, 1.807) is 9.80 Å². The summed E-state index contributed by atoms with van der Waals surface area (Å²) in [5.74, 6) is 0.573. The maximum Gasteiger partial charge on any atom is 0.255 e. The number of carbonyl (C=O) groups is 1. The number of amides is 1. The number of nitrogens with one attached hydrogen (secondary N) is 1. The topological polar surface area (TPSA) is 86.6 Å². The fourth-order valence-corrected chi connectivity index (χ4v) is 3.35. The Kier molecular flexibility index (Phi) is 4.39. The van der Waals surface area contributed by atoms with E-state index in [0.29, 0.717) is 49.6 Å². The first-order valence-corrected chi connectivity index (χ1v) is 9.01. The Morgan fingerprint density at radius 3 is 2.93 bits per heavy atom. The fourth-order valence-electron chi connectivity index (χ4n) is 3.35. The van der Waals surface area contributed by atoms with Gasteiger partial charge in [0.25, 0.3) is 5.56 Å². The molecule has 8 heteroatoms. The molecule has 0 fully saturated rings. The van der Waals surface area contributed by atoms with Crippen LogP contribution in [0.5, 0.6) is 0 Å². The second-order valence-electron chi connectivity index (χ2n) is 6.97. The number of H-pyrrole nitrogens is 1. The van der Waals surface area contributed by atoms with Crippen molar-refractivity contribution in [1.29, 1.82) is 0 Å². The molecule has 8 nitrogen and oxygen atoms in total. The zero-order valence-electron chi connectivity index (χ0n) is 15.5. The predicted molar refractivity (Wildman–Crippen MR) is 102 cm³/mol. The van der Waals surface area contributed by atoms with Gasteiger partial charge in [-0.3, -0.25) is 14.6 Å². The first-order valence-electron chi connectivity index (χ1n) is 9.01. The molecular formula is C19H22N6O2. The van der Waals surface area contributed by atoms with Crippen molar-refractivity contribution in [2.75, 3.05) is 25.5 Å². The van der Waals surface area contributed by atoms with Gasteiger partial charge in [0.2, 0.25) is 11.9 Å². The quantitative estimate of drug-likeness (QED) is 0.744. The molecule has 4 rings (SSSR count). The van der Waals surface area contributed by atoms with Gasteiger partial charge < -0.3 is 14.2 Å². The summed E-state index contributed by atoms with van der Waals surface area (Å²) in [4.78, 5) is 40.3. The minimum absolute atomic E-state index is 0.0613. The number of nitrogens with zero attached hydrogens (tertiary/aromatic N) is 5. The number of aromatic nitrogens is 4. The van der Waals surface area contributed by atoms with Crippen LogP contribution in [0.15, 0.2) is 35.4 Å². The van der Waals surface area contributed by atoms with Crippen LogP contribution < -0.4 is 10.5 Å². The third-order valence-electron chi connectivity index (χ3n) is 4.85. The number of anilines is 1. The van der Waals surface area contributed by atoms with Gasteiger partial charge in [-0.05, 0) is 25.0 Å². The Morgan fingerprint density at radius 1 is 1.30 bits per heavy atom. The van der Waals surface area contributed by atoms with Crippen LogP contribution in [-0.4, -0.2) is 50.8 Å². The highest BCUT2D eigenvalue weighted by atomic mass is 16.2. The summed E-state index contributed by atoms with van der Waals surface area (Å²) in [5.41, 5.74) is 3.04. The molecular weight excluding hydrogens is 344 g/mol. The Balaban J connectivity index is 1.45. The summed E-state index contributed by atoms with van der Waals surface area (Å²) >= 11 is 0. The monoisotopic (exact) mass is 366 g/mol. The van der Waals surface area contributed by atoms with Crippen LogP contribution >= 0.6 is 0 Å². The normalized spacial score (nSPS) is 13.6. The largest absolute Gasteiger partial charge is 0.348 e. The van der Waals surface area contributed by atoms with Crippen molar-refractivity contribution < 1.29 is 4.79 Å². The van der Waals surface area contributed by atoms with Crippen molar-refractivity contribution in [2.45, 2.75) is 25.8 Å². The summed E-state index contributed by atoms with van der Waals surface area (Å²) in [6.45, 7) is 0.924. The number of hydrogen-bond acceptors (Lipinski definition) is 5. The molecule has 0 unspecified atom stereocenters. The highest BCUT2D eigenvalue weighted by molar-refractivity contribution is 5.76. The van der Waals surface area contributed by atoms with Gasteiger partial charge in [0.1, 0.15) is 5.65 Å². The van der Waals surface area contributed by atoms with Crippen LogP contribution in [0.2, 0.25) is 0 Å². The van der Waals surface area contributed by atoms with E-state index in [2.05, 4.69) is 15.0 Å². The van der Waals surface area contributed by atoms with Crippen molar-refractivity contribution in [2.24, 2.45) is 0 Å². The summed E-state index contributed by atoms with van der Waals surface area (Å²) in [6.07, 6.45) is 5.42. The average Bonchev–Trinajstić information content (AvgIpc) is 3.08. The van der Waals surface area contributed by atoms with E-state index < -0.39 is 0 Å². The van der Waals surface area contributed by atoms with Gasteiger partial charge in [-0.2, -0.15) is 0 Å². The van der Waals surface area contributed by atoms with E-state index in [1.165, 1.54) is 0 Å². The first-order chi connectivity index (χ1) is 13.0. The van der Waals surface area contributed by atoms with Crippen LogP contribution in [0, 0.1) is 0 Å². The maximum absolute atomic E-state index is 12.7. The molecule has 1 aliphatic heterocycles. The van der Waals surface area contributed by atoms with Crippen molar-refractivity contribution >= 4 is 17.5 Å². The van der Waals surface area contributed by atoms with Crippen LogP contribution in [0.3, 0.4) is 0 Å². The molecule has 3 aromatic rings. The van der Waals surface area contributed by atoms with E-state index in [9.17, 15) is 9.59 Å². The zero-order chi connectivity index (χ0) is 19.0. The Bertz CT molecular complexity index is 1020. The average molecular weight is 366 g/mol. The standard InChI is InChI=1S/C19H22N6O2/c1-23(2)19-21-15-12-25(10-8-14(15)18(27)22-19)17(26)7-6-13-11-24-9-4-3-5-16(24)20-13/h3-5,9,11H,6-8,10,12H2,1-2H3,(H,21,22,27). The van der Waals surface area contributed by atoms with E-state index in [0.717, 1.165) is 11.3 Å². The second-order valence-corrected chi connectivity index (χ2v) is 6.97. The van der Waals surface area contributed by atoms with E-state index >= 15 is 0 Å². The second kappa shape index (κ2) is 6.86. The lowest BCUT2D eigenvalue weighted by molar-refractivity contribution is -0.132. The molecule has 3 aromatic heterocycles. The molecule has 0 aromatic carbocycles. The number of aromatic amines is 1. The SMILES string of the molecule is CN(C)c1nc2c(c(=O)[nH]1)CCN(C(=O)CCc1cn3ccccc3n1)C2. The van der Waals surface area contributed by atoms with Crippen molar-refractivity contribution in [3.8, 4) is 0 Å². The third-order valence-corrected chi connectivity index (χ3v) is 4.85. The van der Waals surface area contributed by atoms with Crippen molar-refractivity contribution in [3.63, 3.8) is 0 Å². The van der Waals surface area contributed by atoms with E-state index in [-0.39, 0.29) is 11.5 Å². The summed E-state index contributed by atoms with van der Waals surface area (Å²) in [5, 5.41) is 0. The smallest absolute Gasteiger partial charge is 0.255 e. The molecule has 0 aliphatic carbocycles. The van der Waals surface area contributed by atoms with Gasteiger partial charge in [-0.15, -0.1) is 0 Å². The summed E-state index contributed by atoms with van der Waals surface area (Å²) in [6, 6.07) is 5.84. The number of pyridine rings is 1. The van der Waals surface area contributed by atoms with E-state index in [4.69, 9.17) is 0 Å². The molecule has 140 valence electrons. The molecule has 0 saturated carbocycles. The minimum atomic E-state index is -0.111. The number of carbonyl (C=O) groups excluding carboxylic acids is 1. The van der Waals surface area contributed by atoms with Crippen molar-refractivity contribution in [3.05, 3.63) is 57.9 Å². The minimum Gasteiger partial charge on any atom is -0.348 e. The molecule has 0 saturated heterocycles. The Morgan fingerprint density at radius 2 is 2.15 bits per heavy atom. The third kappa shape index (κ3) is 3.42. The van der Waals surface area contributed by atoms with Gasteiger partial charge in [0, 0.05) is 45.0 Å². The summed E-state index contributed by atoms with van der Waals surface area (Å²) in [7, 11) is 3.65. The van der Waals surface area contributed by atoms with Gasteiger partial charge in [0.15, 0.2) is 0 Å². The lowest BCUT2D eigenvalue weighted by Gasteiger charge is -2.28. The van der Waals surface area contributed by atoms with Crippen LogP contribution in [-0.2, 0) is 24.2 Å². The number of rotatable bonds is 4. The predicted octanol–water partition coefficient (Wildman–Crippen LogP) is 1.00. The van der Waals surface area contributed by atoms with Crippen molar-refractivity contribution in [1.82, 2.24) is 24.3 Å². The molecule has 1 aliphatic rings. The van der Waals surface area contributed by atoms with Crippen LogP contribution in [0.4, 0.5) is 5.95 Å². The first kappa shape index (κ1) is 17.3. The molecule has 27 heavy (non-hydrogen) atoms. The number of fused-ring (bicyclic) bond motifs is 2. The molecule has 0 radical (unpaired) electrons. The molecule has 0 bridgehead atoms. The lowest BCUT2D eigenvalue weighted by atomic mass is 10.1.